The number of anilines is 1. The van der Waals surface area contributed by atoms with Crippen LogP contribution in [-0.2, 0) is 78.8 Å². The van der Waals surface area contributed by atoms with Gasteiger partial charge in [-0.25, -0.2) is 27.4 Å². The number of carbonyl (C=O) groups excluding carboxylic acids is 6. The fourth-order valence-corrected chi connectivity index (χ4v) is 12.9. The number of rotatable bonds is 42. The summed E-state index contributed by atoms with van der Waals surface area (Å²) in [4.78, 5) is 94.8. The van der Waals surface area contributed by atoms with Crippen molar-refractivity contribution in [2.24, 2.45) is 10.7 Å². The first-order valence-corrected chi connectivity index (χ1v) is 35.9. The van der Waals surface area contributed by atoms with Gasteiger partial charge in [0.15, 0.2) is 0 Å². The fourth-order valence-electron chi connectivity index (χ4n) is 11.4. The monoisotopic (exact) mass is 1450 g/mol. The lowest BCUT2D eigenvalue weighted by Gasteiger charge is -2.21. The van der Waals surface area contributed by atoms with Gasteiger partial charge in [-0.3, -0.25) is 34.1 Å². The Morgan fingerprint density at radius 1 is 0.777 bits per heavy atom. The Balaban J connectivity index is 0.851. The molecule has 4 heterocycles. The molecule has 5 amide bonds. The molecule has 103 heavy (non-hydrogen) atoms. The average molecular weight is 1450 g/mol. The third-order valence-electron chi connectivity index (χ3n) is 16.5. The number of nitrogens with two attached hydrogens (primary N) is 1. The van der Waals surface area contributed by atoms with Crippen LogP contribution in [0.2, 0.25) is 0 Å². The number of hydrogen-bond acceptors (Lipinski definition) is 22. The lowest BCUT2D eigenvalue weighted by molar-refractivity contribution is -0.131. The number of benzene rings is 3. The summed E-state index contributed by atoms with van der Waals surface area (Å²) in [5, 5.41) is 29.7. The number of amides is 5. The van der Waals surface area contributed by atoms with Gasteiger partial charge < -0.3 is 74.6 Å². The Bertz CT molecular complexity index is 4090. The highest BCUT2D eigenvalue weighted by Crippen LogP contribution is 2.44. The van der Waals surface area contributed by atoms with Crippen LogP contribution < -0.4 is 61.6 Å². The largest absolute Gasteiger partial charge is 0.493 e. The molecule has 32 heteroatoms. The molecule has 1 aliphatic rings. The molecular formula is C71H99N13O18S. The number of H-pyrrole nitrogens is 1. The molecule has 0 spiro atoms. The van der Waals surface area contributed by atoms with E-state index >= 15 is 0 Å². The van der Waals surface area contributed by atoms with E-state index in [1.165, 1.54) is 17.7 Å². The quantitative estimate of drug-likeness (QED) is 0.00699. The van der Waals surface area contributed by atoms with Crippen molar-refractivity contribution in [1.82, 2.24) is 51.2 Å². The number of guanidine groups is 1. The van der Waals surface area contributed by atoms with Crippen molar-refractivity contribution >= 4 is 68.8 Å². The van der Waals surface area contributed by atoms with Crippen LogP contribution in [0.15, 0.2) is 67.8 Å². The fraction of sp³-hybridized carbons (Fsp3) is 0.535. The molecule has 2 atom stereocenters. The maximum atomic E-state index is 13.9. The topological polar surface area (TPSA) is 411 Å². The predicted molar refractivity (Wildman–Crippen MR) is 382 cm³/mol. The average Bonchev–Trinajstić information content (AvgIpc) is 1.64. The molecule has 31 nitrogen and oxygen atoms in total. The molecule has 1 aliphatic heterocycles. The highest BCUT2D eigenvalue weighted by Gasteiger charge is 2.37. The first-order chi connectivity index (χ1) is 49.0. The SMILES string of the molecule is Cc1n[nH]c(C)c1CCCOc1cc(OC=O)cc(OCCCc2cn(CCOCCOCCOCCC(=O)NC(CCCN=C(N)NS(=O)(=O)c3c(C)c(C)c4c(c3C)CC(C)(C)O4)C(=O)NCC(=O)NC(CCCCNC(=O)OC(C)(C)C)C(=O)Nc3ccc4c(C)cc(=O)oc4c3)nn2)c1. The van der Waals surface area contributed by atoms with E-state index in [9.17, 15) is 42.0 Å². The Morgan fingerprint density at radius 3 is 2.13 bits per heavy atom. The molecule has 0 saturated heterocycles. The Labute approximate surface area is 599 Å². The molecule has 562 valence electrons. The third kappa shape index (κ3) is 26.0. The minimum atomic E-state index is -4.23. The molecule has 3 aromatic heterocycles. The maximum Gasteiger partial charge on any atom is 0.407 e. The maximum absolute atomic E-state index is 13.9. The minimum absolute atomic E-state index is 0.0337. The number of aromatic nitrogens is 5. The van der Waals surface area contributed by atoms with Crippen molar-refractivity contribution in [2.45, 2.75) is 182 Å². The van der Waals surface area contributed by atoms with E-state index in [4.69, 9.17) is 48.0 Å². The zero-order valence-electron chi connectivity index (χ0n) is 60.7. The smallest absolute Gasteiger partial charge is 0.407 e. The van der Waals surface area contributed by atoms with E-state index in [2.05, 4.69) is 56.8 Å². The van der Waals surface area contributed by atoms with Crippen molar-refractivity contribution in [2.75, 3.05) is 77.8 Å². The van der Waals surface area contributed by atoms with Crippen molar-refractivity contribution < 1.29 is 79.5 Å². The number of nitrogens with one attached hydrogen (secondary N) is 7. The van der Waals surface area contributed by atoms with Gasteiger partial charge in [0.25, 0.3) is 16.5 Å². The van der Waals surface area contributed by atoms with Crippen molar-refractivity contribution in [3.8, 4) is 23.0 Å². The highest BCUT2D eigenvalue weighted by atomic mass is 32.2. The number of aromatic amines is 1. The Hall–Kier alpha value is -9.66. The van der Waals surface area contributed by atoms with Gasteiger partial charge in [-0.05, 0) is 174 Å². The summed E-state index contributed by atoms with van der Waals surface area (Å²) < 4.78 is 82.8. The number of nitrogens with zero attached hydrogens (tertiary/aromatic N) is 5. The highest BCUT2D eigenvalue weighted by molar-refractivity contribution is 7.90. The Morgan fingerprint density at radius 2 is 1.44 bits per heavy atom. The van der Waals surface area contributed by atoms with E-state index in [-0.39, 0.29) is 81.4 Å². The summed E-state index contributed by atoms with van der Waals surface area (Å²) in [5.41, 5.74) is 12.1. The number of fused-ring (bicyclic) bond motifs is 2. The number of alkyl carbamates (subject to hydrolysis) is 1. The Kier molecular flexibility index (Phi) is 30.2. The molecule has 0 aliphatic carbocycles. The molecule has 7 rings (SSSR count). The second-order valence-corrected chi connectivity index (χ2v) is 28.2. The van der Waals surface area contributed by atoms with E-state index in [1.54, 1.807) is 83.5 Å². The van der Waals surface area contributed by atoms with Gasteiger partial charge in [0.2, 0.25) is 29.6 Å². The number of aryl methyl sites for hydroxylation is 4. The van der Waals surface area contributed by atoms with Gasteiger partial charge in [0, 0.05) is 84.8 Å². The molecule has 0 fully saturated rings. The number of hydrogen-bond donors (Lipinski definition) is 8. The molecule has 2 unspecified atom stereocenters. The van der Waals surface area contributed by atoms with Crippen molar-refractivity contribution in [3.63, 3.8) is 0 Å². The first-order valence-electron chi connectivity index (χ1n) is 34.4. The van der Waals surface area contributed by atoms with Crippen LogP contribution in [0.3, 0.4) is 0 Å². The summed E-state index contributed by atoms with van der Waals surface area (Å²) in [6.07, 6.45) is 5.35. The normalized spacial score (nSPS) is 13.3. The van der Waals surface area contributed by atoms with Gasteiger partial charge in [0.1, 0.15) is 51.9 Å². The zero-order chi connectivity index (χ0) is 74.9. The summed E-state index contributed by atoms with van der Waals surface area (Å²) in [5.74, 6) is -1.07. The molecule has 9 N–H and O–H groups in total. The summed E-state index contributed by atoms with van der Waals surface area (Å²) in [7, 11) is -4.23. The van der Waals surface area contributed by atoms with Crippen LogP contribution in [0.5, 0.6) is 23.0 Å². The molecule has 0 saturated carbocycles. The van der Waals surface area contributed by atoms with Crippen LogP contribution in [0.4, 0.5) is 10.5 Å². The summed E-state index contributed by atoms with van der Waals surface area (Å²) in [6.45, 7) is 22.4. The lowest BCUT2D eigenvalue weighted by Crippen LogP contribution is -2.51. The van der Waals surface area contributed by atoms with E-state index in [1.807, 2.05) is 33.9 Å². The molecule has 0 radical (unpaired) electrons. The van der Waals surface area contributed by atoms with Gasteiger partial charge in [-0.2, -0.15) is 5.10 Å². The third-order valence-corrected chi connectivity index (χ3v) is 18.2. The summed E-state index contributed by atoms with van der Waals surface area (Å²) in [6, 6.07) is 8.80. The number of ether oxygens (including phenoxy) is 8. The predicted octanol–water partition coefficient (Wildman–Crippen LogP) is 6.16. The number of aliphatic imine (C=N–C) groups is 1. The van der Waals surface area contributed by atoms with Crippen LogP contribution in [0, 0.1) is 41.5 Å². The van der Waals surface area contributed by atoms with E-state index in [0.717, 1.165) is 35.5 Å². The molecule has 0 bridgehead atoms. The standard InChI is InChI=1S/C71H99N13O18S/c1-44-35-63(88)100-60-36-50(21-22-55(44)60)76-67(90)59(19-12-13-24-74-69(91)102-70(7,8)9)78-62(87)41-75-66(89)58(20-14-25-73-68(72)82-103(92,93)65-46(3)45(2)64-57(47(65)4)40-71(10,11)101-64)77-61(86)23-29-94-31-33-96-34-32-95-30-26-84-42-51(81-83-84)17-15-27-97-52-37-53(39-54(38-52)99-43-85)98-28-16-18-56-48(5)79-80-49(56)6/h21-22,35-39,42-43,58-59H,12-20,23-34,40-41H2,1-11H3,(H,74,91)(H,75,89)(H,76,90)(H,77,86)(H,78,87)(H,79,80)(H3,72,73,82). The number of carbonyl (C=O) groups is 6. The first kappa shape index (κ1) is 80.6. The zero-order valence-corrected chi connectivity index (χ0v) is 61.5. The van der Waals surface area contributed by atoms with Crippen LogP contribution >= 0.6 is 0 Å². The van der Waals surface area contributed by atoms with E-state index < -0.39 is 81.2 Å². The van der Waals surface area contributed by atoms with Crippen LogP contribution in [0.25, 0.3) is 11.0 Å². The molecule has 3 aromatic carbocycles. The molecular weight excluding hydrogens is 1350 g/mol. The molecule has 6 aromatic rings. The number of unbranched alkanes of at least 4 members (excludes halogenated alkanes) is 1. The number of sulfonamides is 1. The van der Waals surface area contributed by atoms with Crippen molar-refractivity contribution in [1.29, 1.82) is 0 Å². The van der Waals surface area contributed by atoms with Gasteiger partial charge in [-0.15, -0.1) is 5.10 Å². The second-order valence-electron chi connectivity index (χ2n) is 26.6. The van der Waals surface area contributed by atoms with Crippen LogP contribution in [0.1, 0.15) is 136 Å². The van der Waals surface area contributed by atoms with Crippen LogP contribution in [-0.4, -0.2) is 172 Å². The summed E-state index contributed by atoms with van der Waals surface area (Å²) >= 11 is 0. The van der Waals surface area contributed by atoms with Gasteiger partial charge >= 0.3 is 11.7 Å². The minimum Gasteiger partial charge on any atom is -0.493 e. The van der Waals surface area contributed by atoms with Gasteiger partial charge in [0.05, 0.1) is 82.2 Å². The lowest BCUT2D eigenvalue weighted by atomic mass is 9.94. The second kappa shape index (κ2) is 38.6. The van der Waals surface area contributed by atoms with E-state index in [0.29, 0.717) is 122 Å². The van der Waals surface area contributed by atoms with Crippen molar-refractivity contribution in [3.05, 3.63) is 110 Å². The van der Waals surface area contributed by atoms with Gasteiger partial charge in [-0.1, -0.05) is 5.21 Å².